The van der Waals surface area contributed by atoms with Gasteiger partial charge in [-0.05, 0) is 50.8 Å². The lowest BCUT2D eigenvalue weighted by Crippen LogP contribution is -1.87. The van der Waals surface area contributed by atoms with Crippen molar-refractivity contribution in [2.75, 3.05) is 0 Å². The highest BCUT2D eigenvalue weighted by Gasteiger charge is 2.08. The van der Waals surface area contributed by atoms with Gasteiger partial charge in [0.15, 0.2) is 0 Å². The van der Waals surface area contributed by atoms with Gasteiger partial charge in [0.25, 0.3) is 0 Å². The summed E-state index contributed by atoms with van der Waals surface area (Å²) in [6, 6.07) is 3.39. The van der Waals surface area contributed by atoms with Crippen molar-refractivity contribution in [2.45, 2.75) is 34.6 Å². The Morgan fingerprint density at radius 1 is 1.38 bits per heavy atom. The van der Waals surface area contributed by atoms with Crippen molar-refractivity contribution in [3.63, 3.8) is 0 Å². The lowest BCUT2D eigenvalue weighted by molar-refractivity contribution is 0.628. The maximum absolute atomic E-state index is 13.4. The lowest BCUT2D eigenvalue weighted by atomic mass is 10.0. The van der Waals surface area contributed by atoms with Crippen molar-refractivity contribution in [3.05, 3.63) is 35.2 Å². The van der Waals surface area contributed by atoms with E-state index >= 15 is 0 Å². The fourth-order valence-electron chi connectivity index (χ4n) is 1.35. The van der Waals surface area contributed by atoms with E-state index in [4.69, 9.17) is 0 Å². The van der Waals surface area contributed by atoms with Crippen LogP contribution in [-0.2, 0) is 0 Å². The highest BCUT2D eigenvalue weighted by Crippen LogP contribution is 2.29. The topological polar surface area (TPSA) is 12.4 Å². The molecular weight excluding hydrogens is 201 g/mol. The van der Waals surface area contributed by atoms with Crippen molar-refractivity contribution < 1.29 is 4.39 Å². The molecule has 0 heterocycles. The van der Waals surface area contributed by atoms with Gasteiger partial charge in [0.05, 0.1) is 0 Å². The van der Waals surface area contributed by atoms with Crippen molar-refractivity contribution in [1.82, 2.24) is 0 Å². The maximum atomic E-state index is 13.4. The quantitative estimate of drug-likeness (QED) is 0.629. The molecule has 0 aromatic heterocycles. The van der Waals surface area contributed by atoms with E-state index in [2.05, 4.69) is 11.7 Å². The fraction of sp³-hybridized carbons (Fsp3) is 0.357. The van der Waals surface area contributed by atoms with Crippen molar-refractivity contribution >= 4 is 18.0 Å². The number of rotatable bonds is 2. The van der Waals surface area contributed by atoms with Crippen LogP contribution in [0.25, 0.3) is 5.57 Å². The zero-order chi connectivity index (χ0) is 12.7. The predicted octanol–water partition coefficient (Wildman–Crippen LogP) is 4.92. The van der Waals surface area contributed by atoms with Gasteiger partial charge in [-0.25, -0.2) is 4.39 Å². The molecule has 0 fully saturated rings. The summed E-state index contributed by atoms with van der Waals surface area (Å²) >= 11 is 0. The average molecular weight is 221 g/mol. The molecule has 1 rings (SSSR count). The molecule has 0 aliphatic rings. The molecule has 1 aromatic rings. The molecule has 88 valence electrons. The second-order valence-electron chi connectivity index (χ2n) is 3.27. The van der Waals surface area contributed by atoms with Gasteiger partial charge in [0.2, 0.25) is 0 Å². The van der Waals surface area contributed by atoms with Crippen molar-refractivity contribution in [3.8, 4) is 0 Å². The summed E-state index contributed by atoms with van der Waals surface area (Å²) in [6.07, 6.45) is 1.93. The Bertz CT molecular complexity index is 392. The van der Waals surface area contributed by atoms with Gasteiger partial charge in [-0.15, -0.1) is 0 Å². The van der Waals surface area contributed by atoms with Crippen molar-refractivity contribution in [2.24, 2.45) is 4.99 Å². The third kappa shape index (κ3) is 3.30. The van der Waals surface area contributed by atoms with Crippen LogP contribution in [-0.4, -0.2) is 6.72 Å². The van der Waals surface area contributed by atoms with Crippen LogP contribution in [0.4, 0.5) is 10.1 Å². The minimum Gasteiger partial charge on any atom is -0.261 e. The normalized spacial score (nSPS) is 10.5. The number of nitrogens with zero attached hydrogens (tertiary/aromatic N) is 1. The smallest absolute Gasteiger partial charge is 0.149 e. The first-order chi connectivity index (χ1) is 7.60. The van der Waals surface area contributed by atoms with E-state index in [0.717, 1.165) is 16.7 Å². The monoisotopic (exact) mass is 221 g/mol. The summed E-state index contributed by atoms with van der Waals surface area (Å²) in [4.78, 5) is 3.71. The highest BCUT2D eigenvalue weighted by atomic mass is 19.1. The number of allylic oxidation sites excluding steroid dienone is 2. The van der Waals surface area contributed by atoms with Gasteiger partial charge in [-0.2, -0.15) is 0 Å². The minimum absolute atomic E-state index is 0.309. The fourth-order valence-corrected chi connectivity index (χ4v) is 1.35. The van der Waals surface area contributed by atoms with Crippen LogP contribution in [0.3, 0.4) is 0 Å². The van der Waals surface area contributed by atoms with E-state index in [1.807, 2.05) is 46.8 Å². The van der Waals surface area contributed by atoms with Crippen LogP contribution in [0, 0.1) is 12.7 Å². The first-order valence-electron chi connectivity index (χ1n) is 5.50. The van der Waals surface area contributed by atoms with Crippen molar-refractivity contribution in [1.29, 1.82) is 0 Å². The maximum Gasteiger partial charge on any atom is 0.149 e. The van der Waals surface area contributed by atoms with Crippen LogP contribution in [0.5, 0.6) is 0 Å². The minimum atomic E-state index is -0.309. The van der Waals surface area contributed by atoms with Gasteiger partial charge < -0.3 is 0 Å². The molecule has 0 amide bonds. The third-order valence-corrected chi connectivity index (χ3v) is 2.22. The Labute approximate surface area is 97.7 Å². The standard InChI is InChI=1S/C12H14FN.C2H6/c1-5-9(3)10-6-8(2)7-11(13)12(10)14-4;1-2/h5-7H,4H2,1-3H3;1-2H3/b9-5-;. The Balaban J connectivity index is 0.00000106. The molecule has 1 aromatic carbocycles. The molecule has 2 heteroatoms. The summed E-state index contributed by atoms with van der Waals surface area (Å²) in [7, 11) is 0. The van der Waals surface area contributed by atoms with Gasteiger partial charge >= 0.3 is 0 Å². The zero-order valence-electron chi connectivity index (χ0n) is 10.8. The molecule has 0 aliphatic carbocycles. The third-order valence-electron chi connectivity index (χ3n) is 2.22. The molecule has 0 unspecified atom stereocenters. The molecular formula is C14H20FN. The van der Waals surface area contributed by atoms with Gasteiger partial charge in [0, 0.05) is 5.56 Å². The van der Waals surface area contributed by atoms with Gasteiger partial charge in [-0.1, -0.05) is 19.9 Å². The SMILES string of the molecule is C=Nc1c(F)cc(C)cc1/C(C)=C\C.CC. The number of hydrogen-bond donors (Lipinski definition) is 0. The number of aliphatic imine (C=N–C) groups is 1. The average Bonchev–Trinajstić information content (AvgIpc) is 2.29. The molecule has 0 atom stereocenters. The number of aryl methyl sites for hydroxylation is 1. The van der Waals surface area contributed by atoms with Crippen LogP contribution in [0.1, 0.15) is 38.8 Å². The summed E-state index contributed by atoms with van der Waals surface area (Å²) in [5, 5.41) is 0. The first-order valence-corrected chi connectivity index (χ1v) is 5.50. The largest absolute Gasteiger partial charge is 0.261 e. The first kappa shape index (κ1) is 14.6. The number of hydrogen-bond acceptors (Lipinski definition) is 1. The molecule has 0 radical (unpaired) electrons. The molecule has 0 saturated carbocycles. The molecule has 1 nitrogen and oxygen atoms in total. The summed E-state index contributed by atoms with van der Waals surface area (Å²) in [5.74, 6) is -0.309. The molecule has 0 spiro atoms. The van der Waals surface area contributed by atoms with E-state index in [1.54, 1.807) is 0 Å². The number of halogens is 1. The van der Waals surface area contributed by atoms with E-state index in [9.17, 15) is 4.39 Å². The van der Waals surface area contributed by atoms with E-state index in [-0.39, 0.29) is 5.82 Å². The second-order valence-corrected chi connectivity index (χ2v) is 3.27. The summed E-state index contributed by atoms with van der Waals surface area (Å²) < 4.78 is 13.4. The second kappa shape index (κ2) is 6.94. The zero-order valence-corrected chi connectivity index (χ0v) is 10.8. The van der Waals surface area contributed by atoms with Crippen LogP contribution in [0.15, 0.2) is 23.2 Å². The van der Waals surface area contributed by atoms with E-state index in [1.165, 1.54) is 6.07 Å². The van der Waals surface area contributed by atoms with E-state index in [0.29, 0.717) is 5.69 Å². The van der Waals surface area contributed by atoms with Crippen LogP contribution >= 0.6 is 0 Å². The summed E-state index contributed by atoms with van der Waals surface area (Å²) in [6.45, 7) is 13.1. The Morgan fingerprint density at radius 2 is 1.94 bits per heavy atom. The molecule has 0 N–H and O–H groups in total. The lowest BCUT2D eigenvalue weighted by Gasteiger charge is -2.08. The Hall–Kier alpha value is -1.44. The van der Waals surface area contributed by atoms with Gasteiger partial charge in [-0.3, -0.25) is 4.99 Å². The Kier molecular flexibility index (Phi) is 6.31. The summed E-state index contributed by atoms with van der Waals surface area (Å²) in [5.41, 5.74) is 3.06. The molecule has 0 saturated heterocycles. The highest BCUT2D eigenvalue weighted by molar-refractivity contribution is 5.75. The molecule has 16 heavy (non-hydrogen) atoms. The predicted molar refractivity (Wildman–Crippen MR) is 71.0 cm³/mol. The number of benzene rings is 1. The van der Waals surface area contributed by atoms with E-state index < -0.39 is 0 Å². The van der Waals surface area contributed by atoms with Gasteiger partial charge in [0.1, 0.15) is 11.5 Å². The van der Waals surface area contributed by atoms with Crippen LogP contribution in [0.2, 0.25) is 0 Å². The van der Waals surface area contributed by atoms with Crippen LogP contribution < -0.4 is 0 Å². The molecule has 0 aliphatic heterocycles. The Morgan fingerprint density at radius 3 is 2.38 bits per heavy atom. The molecule has 0 bridgehead atoms.